The average Bonchev–Trinajstić information content (AvgIpc) is 3.31. The minimum atomic E-state index is -0.255. The number of carbonyl (C=O) groups excluding carboxylic acids is 2. The molecule has 2 aromatic heterocycles. The smallest absolute Gasteiger partial charge is 0.310 e. The van der Waals surface area contributed by atoms with Crippen molar-refractivity contribution < 1.29 is 14.3 Å². The Morgan fingerprint density at radius 3 is 2.83 bits per heavy atom. The van der Waals surface area contributed by atoms with E-state index >= 15 is 0 Å². The van der Waals surface area contributed by atoms with Gasteiger partial charge in [-0.25, -0.2) is 4.98 Å². The van der Waals surface area contributed by atoms with Crippen LogP contribution in [-0.4, -0.2) is 61.8 Å². The molecule has 0 spiro atoms. The number of aromatic nitrogens is 4. The van der Waals surface area contributed by atoms with Gasteiger partial charge in [-0.1, -0.05) is 47.7 Å². The number of benzene rings is 2. The number of aryl methyl sites for hydroxylation is 1. The van der Waals surface area contributed by atoms with Crippen LogP contribution in [-0.2, 0) is 14.3 Å². The molecule has 1 fully saturated rings. The Labute approximate surface area is 207 Å². The lowest BCUT2D eigenvalue weighted by Gasteiger charge is -2.31. The Hall–Kier alpha value is -3.46. The molecule has 2 aromatic carbocycles. The molecule has 180 valence electrons. The van der Waals surface area contributed by atoms with E-state index in [9.17, 15) is 9.59 Å². The van der Waals surface area contributed by atoms with Gasteiger partial charge in [-0.3, -0.25) is 14.0 Å². The summed E-state index contributed by atoms with van der Waals surface area (Å²) >= 11 is 1.34. The Balaban J connectivity index is 1.44. The summed E-state index contributed by atoms with van der Waals surface area (Å²) in [5.74, 6) is 0.447. The summed E-state index contributed by atoms with van der Waals surface area (Å²) in [7, 11) is 0. The lowest BCUT2D eigenvalue weighted by molar-refractivity contribution is -0.151. The quantitative estimate of drug-likeness (QED) is 0.297. The summed E-state index contributed by atoms with van der Waals surface area (Å²) in [6.45, 7) is 5.25. The van der Waals surface area contributed by atoms with Crippen molar-refractivity contribution in [3.8, 4) is 11.4 Å². The van der Waals surface area contributed by atoms with E-state index in [1.807, 2.05) is 53.8 Å². The Morgan fingerprint density at radius 1 is 1.14 bits per heavy atom. The van der Waals surface area contributed by atoms with Crippen molar-refractivity contribution in [3.05, 3.63) is 54.1 Å². The highest BCUT2D eigenvalue weighted by Gasteiger charge is 2.29. The Bertz CT molecular complexity index is 1400. The molecular formula is C26H27N5O3S. The highest BCUT2D eigenvalue weighted by Crippen LogP contribution is 2.30. The van der Waals surface area contributed by atoms with Crippen LogP contribution < -0.4 is 0 Å². The van der Waals surface area contributed by atoms with Crippen LogP contribution in [0.15, 0.2) is 53.7 Å². The first-order valence-corrected chi connectivity index (χ1v) is 12.8. The van der Waals surface area contributed by atoms with Gasteiger partial charge < -0.3 is 9.64 Å². The number of para-hydroxylation sites is 1. The topological polar surface area (TPSA) is 89.7 Å². The maximum atomic E-state index is 13.0. The van der Waals surface area contributed by atoms with Crippen molar-refractivity contribution in [2.45, 2.75) is 31.8 Å². The van der Waals surface area contributed by atoms with Crippen LogP contribution >= 0.6 is 11.8 Å². The van der Waals surface area contributed by atoms with Crippen molar-refractivity contribution >= 4 is 40.2 Å². The molecule has 3 heterocycles. The molecule has 8 nitrogen and oxygen atoms in total. The largest absolute Gasteiger partial charge is 0.466 e. The van der Waals surface area contributed by atoms with E-state index in [1.165, 1.54) is 11.8 Å². The number of hydrogen-bond acceptors (Lipinski definition) is 7. The molecule has 4 aromatic rings. The highest BCUT2D eigenvalue weighted by molar-refractivity contribution is 7.99. The normalized spacial score (nSPS) is 16.1. The van der Waals surface area contributed by atoms with Gasteiger partial charge in [-0.15, -0.1) is 10.2 Å². The number of thioether (sulfide) groups is 1. The average molecular weight is 490 g/mol. The fourth-order valence-corrected chi connectivity index (χ4v) is 5.34. The second kappa shape index (κ2) is 10.0. The molecule has 1 saturated heterocycles. The Kier molecular flexibility index (Phi) is 6.68. The number of amides is 1. The zero-order valence-electron chi connectivity index (χ0n) is 19.8. The summed E-state index contributed by atoms with van der Waals surface area (Å²) in [5.41, 5.74) is 3.64. The highest BCUT2D eigenvalue weighted by atomic mass is 32.2. The standard InChI is InChI=1S/C26H27N5O3S/c1-3-34-25(33)19-10-7-13-30(15-19)22(32)16-35-26-29-28-24-20-11-4-5-12-21(20)27-23(31(24)26)18-9-6-8-17(2)14-18/h4-6,8-9,11-12,14,19H,3,7,10,13,15-16H2,1-2H3. The molecule has 0 bridgehead atoms. The zero-order valence-corrected chi connectivity index (χ0v) is 20.6. The predicted octanol–water partition coefficient (Wildman–Crippen LogP) is 4.15. The van der Waals surface area contributed by atoms with Gasteiger partial charge >= 0.3 is 5.97 Å². The van der Waals surface area contributed by atoms with Gasteiger partial charge in [0.2, 0.25) is 5.91 Å². The van der Waals surface area contributed by atoms with E-state index < -0.39 is 0 Å². The molecule has 5 rings (SSSR count). The minimum absolute atomic E-state index is 0.0217. The van der Waals surface area contributed by atoms with Crippen LogP contribution in [0.2, 0.25) is 0 Å². The first-order valence-electron chi connectivity index (χ1n) is 11.8. The van der Waals surface area contributed by atoms with Crippen molar-refractivity contribution in [1.29, 1.82) is 0 Å². The van der Waals surface area contributed by atoms with E-state index in [4.69, 9.17) is 9.72 Å². The SMILES string of the molecule is CCOC(=O)C1CCCN(C(=O)CSc2nnc3c4ccccc4nc(-c4cccc(C)c4)n23)C1. The van der Waals surface area contributed by atoms with Crippen molar-refractivity contribution in [2.75, 3.05) is 25.4 Å². The third-order valence-corrected chi connectivity index (χ3v) is 7.13. The van der Waals surface area contributed by atoms with Gasteiger partial charge in [0.25, 0.3) is 0 Å². The van der Waals surface area contributed by atoms with Crippen molar-refractivity contribution in [3.63, 3.8) is 0 Å². The number of esters is 1. The number of hydrogen-bond donors (Lipinski definition) is 0. The molecule has 1 unspecified atom stereocenters. The summed E-state index contributed by atoms with van der Waals surface area (Å²) in [6, 6.07) is 16.0. The first kappa shape index (κ1) is 23.3. The summed E-state index contributed by atoms with van der Waals surface area (Å²) in [4.78, 5) is 31.9. The van der Waals surface area contributed by atoms with E-state index in [-0.39, 0.29) is 23.5 Å². The second-order valence-corrected chi connectivity index (χ2v) is 9.63. The molecule has 1 aliphatic rings. The van der Waals surface area contributed by atoms with Gasteiger partial charge in [0.15, 0.2) is 10.8 Å². The number of rotatable bonds is 6. The summed E-state index contributed by atoms with van der Waals surface area (Å²) < 4.78 is 7.10. The van der Waals surface area contributed by atoms with E-state index in [0.29, 0.717) is 30.5 Å². The summed E-state index contributed by atoms with van der Waals surface area (Å²) in [5, 5.41) is 10.4. The third-order valence-electron chi connectivity index (χ3n) is 6.21. The van der Waals surface area contributed by atoms with Crippen LogP contribution in [0.3, 0.4) is 0 Å². The van der Waals surface area contributed by atoms with E-state index in [1.54, 1.807) is 11.8 Å². The van der Waals surface area contributed by atoms with Crippen LogP contribution in [0.4, 0.5) is 0 Å². The molecular weight excluding hydrogens is 462 g/mol. The number of piperidine rings is 1. The van der Waals surface area contributed by atoms with Crippen LogP contribution in [0.5, 0.6) is 0 Å². The molecule has 0 saturated carbocycles. The molecule has 1 atom stereocenters. The number of ether oxygens (including phenoxy) is 1. The number of likely N-dealkylation sites (tertiary alicyclic amines) is 1. The monoisotopic (exact) mass is 489 g/mol. The van der Waals surface area contributed by atoms with Gasteiger partial charge in [-0.05, 0) is 44.9 Å². The third kappa shape index (κ3) is 4.73. The van der Waals surface area contributed by atoms with E-state index in [2.05, 4.69) is 16.3 Å². The Morgan fingerprint density at radius 2 is 2.00 bits per heavy atom. The van der Waals surface area contributed by atoms with Crippen LogP contribution in [0.1, 0.15) is 25.3 Å². The van der Waals surface area contributed by atoms with Gasteiger partial charge in [0.05, 0.1) is 23.8 Å². The first-order chi connectivity index (χ1) is 17.0. The number of nitrogens with zero attached hydrogens (tertiary/aromatic N) is 5. The maximum Gasteiger partial charge on any atom is 0.310 e. The molecule has 1 aliphatic heterocycles. The van der Waals surface area contributed by atoms with Gasteiger partial charge in [0, 0.05) is 24.0 Å². The minimum Gasteiger partial charge on any atom is -0.466 e. The molecule has 0 N–H and O–H groups in total. The van der Waals surface area contributed by atoms with Crippen LogP contribution in [0.25, 0.3) is 27.9 Å². The fourth-order valence-electron chi connectivity index (χ4n) is 4.50. The zero-order chi connectivity index (χ0) is 24.4. The lowest BCUT2D eigenvalue weighted by atomic mass is 9.98. The van der Waals surface area contributed by atoms with Gasteiger partial charge in [-0.2, -0.15) is 0 Å². The molecule has 0 radical (unpaired) electrons. The molecule has 1 amide bonds. The fraction of sp³-hybridized carbons (Fsp3) is 0.346. The van der Waals surface area contributed by atoms with Crippen LogP contribution in [0, 0.1) is 12.8 Å². The number of fused-ring (bicyclic) bond motifs is 3. The lowest BCUT2D eigenvalue weighted by Crippen LogP contribution is -2.43. The summed E-state index contributed by atoms with van der Waals surface area (Å²) in [6.07, 6.45) is 1.55. The van der Waals surface area contributed by atoms with Crippen molar-refractivity contribution in [2.24, 2.45) is 5.92 Å². The molecule has 35 heavy (non-hydrogen) atoms. The van der Waals surface area contributed by atoms with Gasteiger partial charge in [0.1, 0.15) is 5.82 Å². The predicted molar refractivity (Wildman–Crippen MR) is 135 cm³/mol. The van der Waals surface area contributed by atoms with E-state index in [0.717, 1.165) is 40.7 Å². The maximum absolute atomic E-state index is 13.0. The molecule has 9 heteroatoms. The number of carbonyl (C=O) groups is 2. The van der Waals surface area contributed by atoms with Crippen molar-refractivity contribution in [1.82, 2.24) is 24.5 Å². The molecule has 0 aliphatic carbocycles. The second-order valence-electron chi connectivity index (χ2n) is 8.68.